The number of pyridine rings is 1. The molecule has 1 aliphatic rings. The van der Waals surface area contributed by atoms with Crippen molar-refractivity contribution in [2.75, 3.05) is 44.2 Å². The van der Waals surface area contributed by atoms with E-state index >= 15 is 8.78 Å². The molecule has 196 valence electrons. The number of nitrogens with two attached hydrogens (primary N) is 2. The van der Waals surface area contributed by atoms with Crippen molar-refractivity contribution < 1.29 is 23.0 Å². The maximum Gasteiger partial charge on any atom is 0.329 e. The molecule has 0 atom stereocenters. The molecule has 10 nitrogen and oxygen atoms in total. The highest BCUT2D eigenvalue weighted by Gasteiger charge is 2.37. The van der Waals surface area contributed by atoms with Gasteiger partial charge in [-0.15, -0.1) is 0 Å². The SMILES string of the molecule is CCN=CC(=CN)CN1C(=O)N(c2c(F)c(OC)cc(OC)c2F)Cc2cnc(C(C=NC)=CN)cc21. The quantitative estimate of drug-likeness (QED) is 0.495. The minimum absolute atomic E-state index is 0.0281. The van der Waals surface area contributed by atoms with Crippen molar-refractivity contribution in [2.45, 2.75) is 13.5 Å². The summed E-state index contributed by atoms with van der Waals surface area (Å²) in [5.74, 6) is -2.64. The van der Waals surface area contributed by atoms with Crippen LogP contribution >= 0.6 is 0 Å². The first-order chi connectivity index (χ1) is 17.8. The highest BCUT2D eigenvalue weighted by atomic mass is 19.1. The first kappa shape index (κ1) is 27.1. The molecule has 0 saturated carbocycles. The fraction of sp³-hybridized carbons (Fsp3) is 0.280. The molecule has 0 saturated heterocycles. The van der Waals surface area contributed by atoms with E-state index in [1.165, 1.54) is 43.9 Å². The number of benzene rings is 1. The zero-order valence-corrected chi connectivity index (χ0v) is 21.0. The van der Waals surface area contributed by atoms with E-state index in [4.69, 9.17) is 20.9 Å². The van der Waals surface area contributed by atoms with E-state index in [9.17, 15) is 4.79 Å². The van der Waals surface area contributed by atoms with Crippen LogP contribution in [0.25, 0.3) is 5.57 Å². The number of amides is 2. The second kappa shape index (κ2) is 12.0. The average Bonchev–Trinajstić information content (AvgIpc) is 2.91. The molecule has 2 heterocycles. The van der Waals surface area contributed by atoms with E-state index in [1.54, 1.807) is 19.3 Å². The van der Waals surface area contributed by atoms with Gasteiger partial charge in [-0.3, -0.25) is 24.8 Å². The average molecular weight is 514 g/mol. The lowest BCUT2D eigenvalue weighted by Gasteiger charge is -2.37. The number of carbonyl (C=O) groups is 1. The van der Waals surface area contributed by atoms with E-state index in [2.05, 4.69) is 15.0 Å². The Labute approximate surface area is 213 Å². The number of anilines is 2. The smallest absolute Gasteiger partial charge is 0.329 e. The number of methoxy groups -OCH3 is 2. The Hall–Kier alpha value is -4.48. The van der Waals surface area contributed by atoms with Gasteiger partial charge in [-0.2, -0.15) is 0 Å². The lowest BCUT2D eigenvalue weighted by atomic mass is 10.1. The summed E-state index contributed by atoms with van der Waals surface area (Å²) in [6, 6.07) is 2.04. The Balaban J connectivity index is 2.22. The third kappa shape index (κ3) is 5.37. The van der Waals surface area contributed by atoms with Crippen LogP contribution in [-0.4, -0.2) is 57.8 Å². The molecule has 0 radical (unpaired) electrons. The van der Waals surface area contributed by atoms with Crippen LogP contribution in [0.5, 0.6) is 11.5 Å². The van der Waals surface area contributed by atoms with Gasteiger partial charge in [-0.05, 0) is 13.0 Å². The molecule has 2 amide bonds. The Morgan fingerprint density at radius 2 is 1.81 bits per heavy atom. The fourth-order valence-corrected chi connectivity index (χ4v) is 3.79. The minimum atomic E-state index is -1.04. The van der Waals surface area contributed by atoms with Crippen molar-refractivity contribution in [1.29, 1.82) is 0 Å². The highest BCUT2D eigenvalue weighted by Crippen LogP contribution is 2.41. The Morgan fingerprint density at radius 1 is 1.14 bits per heavy atom. The molecule has 3 rings (SSSR count). The molecular formula is C25H29F2N7O3. The topological polar surface area (TPSA) is 132 Å². The predicted molar refractivity (Wildman–Crippen MR) is 141 cm³/mol. The van der Waals surface area contributed by atoms with Crippen molar-refractivity contribution >= 4 is 35.4 Å². The van der Waals surface area contributed by atoms with Crippen LogP contribution in [0.4, 0.5) is 25.0 Å². The van der Waals surface area contributed by atoms with Gasteiger partial charge in [-0.25, -0.2) is 13.6 Å². The third-order valence-corrected chi connectivity index (χ3v) is 5.60. The van der Waals surface area contributed by atoms with Gasteiger partial charge in [0.1, 0.15) is 5.69 Å². The Bertz CT molecular complexity index is 1260. The molecule has 0 bridgehead atoms. The van der Waals surface area contributed by atoms with Crippen LogP contribution in [0.1, 0.15) is 18.2 Å². The van der Waals surface area contributed by atoms with Crippen LogP contribution < -0.4 is 30.7 Å². The highest BCUT2D eigenvalue weighted by molar-refractivity contribution is 6.11. The Kier molecular flexibility index (Phi) is 8.77. The maximum absolute atomic E-state index is 15.4. The molecule has 0 spiro atoms. The van der Waals surface area contributed by atoms with Gasteiger partial charge in [-0.1, -0.05) is 0 Å². The third-order valence-electron chi connectivity index (χ3n) is 5.60. The first-order valence-electron chi connectivity index (χ1n) is 11.3. The van der Waals surface area contributed by atoms with Crippen LogP contribution in [0.3, 0.4) is 0 Å². The number of aromatic nitrogens is 1. The van der Waals surface area contributed by atoms with Gasteiger partial charge < -0.3 is 20.9 Å². The predicted octanol–water partition coefficient (Wildman–Crippen LogP) is 3.26. The van der Waals surface area contributed by atoms with Gasteiger partial charge in [0.15, 0.2) is 23.1 Å². The van der Waals surface area contributed by atoms with Crippen LogP contribution in [-0.2, 0) is 6.54 Å². The number of nitrogens with zero attached hydrogens (tertiary/aromatic N) is 5. The second-order valence-corrected chi connectivity index (χ2v) is 7.79. The normalized spacial score (nSPS) is 14.6. The van der Waals surface area contributed by atoms with Crippen molar-refractivity contribution in [3.63, 3.8) is 0 Å². The van der Waals surface area contributed by atoms with Gasteiger partial charge in [0.2, 0.25) is 0 Å². The number of hydrogen-bond donors (Lipinski definition) is 2. The standard InChI is InChI=1S/C25H29F2N7O3/c1-5-31-10-15(8-28)13-33-19-6-18(16(9-29)11-30-2)32-12-17(19)14-34(25(33)35)24-22(26)20(36-3)7-21(37-4)23(24)27/h6-12H,5,13-14,28-29H2,1-4H3. The van der Waals surface area contributed by atoms with Crippen molar-refractivity contribution in [3.05, 3.63) is 59.2 Å². The number of halogens is 2. The van der Waals surface area contributed by atoms with Crippen LogP contribution in [0.15, 0.2) is 46.3 Å². The molecule has 0 aliphatic carbocycles. The van der Waals surface area contributed by atoms with E-state index in [0.717, 1.165) is 11.0 Å². The van der Waals surface area contributed by atoms with E-state index in [0.29, 0.717) is 34.6 Å². The summed E-state index contributed by atoms with van der Waals surface area (Å²) >= 11 is 0. The summed E-state index contributed by atoms with van der Waals surface area (Å²) < 4.78 is 40.8. The molecule has 1 aromatic carbocycles. The number of urea groups is 1. The monoisotopic (exact) mass is 513 g/mol. The van der Waals surface area contributed by atoms with Gasteiger partial charge >= 0.3 is 6.03 Å². The largest absolute Gasteiger partial charge is 0.493 e. The summed E-state index contributed by atoms with van der Waals surface area (Å²) in [5.41, 5.74) is 13.4. The van der Waals surface area contributed by atoms with Crippen molar-refractivity contribution in [3.8, 4) is 11.5 Å². The van der Waals surface area contributed by atoms with E-state index in [-0.39, 0.29) is 24.6 Å². The summed E-state index contributed by atoms with van der Waals surface area (Å²) in [5, 5.41) is 0. The summed E-state index contributed by atoms with van der Waals surface area (Å²) in [6.45, 7) is 2.16. The van der Waals surface area contributed by atoms with Crippen molar-refractivity contribution in [1.82, 2.24) is 4.98 Å². The molecular weight excluding hydrogens is 484 g/mol. The number of fused-ring (bicyclic) bond motifs is 1. The molecule has 4 N–H and O–H groups in total. The second-order valence-electron chi connectivity index (χ2n) is 7.79. The van der Waals surface area contributed by atoms with Gasteiger partial charge in [0.05, 0.1) is 38.7 Å². The van der Waals surface area contributed by atoms with Crippen LogP contribution in [0.2, 0.25) is 0 Å². The zero-order valence-electron chi connectivity index (χ0n) is 21.0. The van der Waals surface area contributed by atoms with Gasteiger partial charge in [0.25, 0.3) is 0 Å². The van der Waals surface area contributed by atoms with Crippen LogP contribution in [0, 0.1) is 11.6 Å². The molecule has 1 aliphatic heterocycles. The van der Waals surface area contributed by atoms with Gasteiger partial charge in [0, 0.05) is 67.4 Å². The Morgan fingerprint density at radius 3 is 2.35 bits per heavy atom. The molecule has 0 fully saturated rings. The fourth-order valence-electron chi connectivity index (χ4n) is 3.79. The number of allylic oxidation sites excluding steroid dienone is 1. The number of rotatable bonds is 9. The van der Waals surface area contributed by atoms with E-state index in [1.807, 2.05) is 6.92 Å². The summed E-state index contributed by atoms with van der Waals surface area (Å²) in [6.07, 6.45) is 7.25. The molecule has 0 unspecified atom stereocenters. The maximum atomic E-state index is 15.4. The molecule has 2 aromatic rings. The number of carbonyl (C=O) groups excluding carboxylic acids is 1. The zero-order chi connectivity index (χ0) is 27.1. The number of aliphatic imine (C=N–C) groups is 2. The lowest BCUT2D eigenvalue weighted by molar-refractivity contribution is 0.250. The summed E-state index contributed by atoms with van der Waals surface area (Å²) in [4.78, 5) is 28.7. The van der Waals surface area contributed by atoms with Crippen molar-refractivity contribution in [2.24, 2.45) is 21.5 Å². The minimum Gasteiger partial charge on any atom is -0.493 e. The summed E-state index contributed by atoms with van der Waals surface area (Å²) in [7, 11) is 4.06. The lowest BCUT2D eigenvalue weighted by Crippen LogP contribution is -2.49. The molecule has 1 aromatic heterocycles. The number of ether oxygens (including phenoxy) is 2. The molecule has 12 heteroatoms. The first-order valence-corrected chi connectivity index (χ1v) is 11.3. The number of hydrogen-bond acceptors (Lipinski definition) is 8. The van der Waals surface area contributed by atoms with E-state index < -0.39 is 23.4 Å². The molecule has 37 heavy (non-hydrogen) atoms.